The Bertz CT molecular complexity index is 103. The molecule has 0 spiro atoms. The van der Waals surface area contributed by atoms with Gasteiger partial charge in [0.2, 0.25) is 5.91 Å². The molecule has 1 amide bonds. The SMILES string of the molecule is CC[C@@H](C)[C@@H](N)C(N)=O. The lowest BCUT2D eigenvalue weighted by atomic mass is 10.00. The monoisotopic (exact) mass is 130 g/mol. The van der Waals surface area contributed by atoms with Gasteiger partial charge in [-0.1, -0.05) is 20.3 Å². The standard InChI is InChI=1S/C6H14N2O/c1-3-4(2)5(7)6(8)9/h4-5H,3,7H2,1-2H3,(H2,8,9)/t4-,5-/m1/s1. The smallest absolute Gasteiger partial charge is 0.234 e. The molecule has 0 aromatic heterocycles. The summed E-state index contributed by atoms with van der Waals surface area (Å²) in [5.74, 6) is -0.216. The topological polar surface area (TPSA) is 69.1 Å². The van der Waals surface area contributed by atoms with Gasteiger partial charge < -0.3 is 11.5 Å². The van der Waals surface area contributed by atoms with E-state index in [9.17, 15) is 4.79 Å². The predicted octanol–water partition coefficient (Wildman–Crippen LogP) is -0.155. The first-order valence-corrected chi connectivity index (χ1v) is 3.14. The second kappa shape index (κ2) is 3.45. The highest BCUT2D eigenvalue weighted by Gasteiger charge is 2.15. The maximum absolute atomic E-state index is 10.4. The van der Waals surface area contributed by atoms with Crippen LogP contribution in [-0.4, -0.2) is 11.9 Å². The van der Waals surface area contributed by atoms with Crippen LogP contribution >= 0.6 is 0 Å². The largest absolute Gasteiger partial charge is 0.368 e. The molecule has 0 radical (unpaired) electrons. The average molecular weight is 130 g/mol. The number of carbonyl (C=O) groups excluding carboxylic acids is 1. The van der Waals surface area contributed by atoms with E-state index in [0.717, 1.165) is 6.42 Å². The van der Waals surface area contributed by atoms with Gasteiger partial charge >= 0.3 is 0 Å². The summed E-state index contributed by atoms with van der Waals surface area (Å²) in [4.78, 5) is 10.4. The molecule has 3 nitrogen and oxygen atoms in total. The van der Waals surface area contributed by atoms with Gasteiger partial charge in [0.25, 0.3) is 0 Å². The first-order valence-electron chi connectivity index (χ1n) is 3.14. The molecular weight excluding hydrogens is 116 g/mol. The van der Waals surface area contributed by atoms with Crippen LogP contribution in [0.15, 0.2) is 0 Å². The predicted molar refractivity (Wildman–Crippen MR) is 36.6 cm³/mol. The molecule has 0 fully saturated rings. The highest BCUT2D eigenvalue weighted by Crippen LogP contribution is 2.03. The van der Waals surface area contributed by atoms with Crippen LogP contribution in [0.5, 0.6) is 0 Å². The van der Waals surface area contributed by atoms with Crippen molar-refractivity contribution in [2.45, 2.75) is 26.3 Å². The molecule has 4 N–H and O–H groups in total. The summed E-state index contributed by atoms with van der Waals surface area (Å²) in [6.07, 6.45) is 0.893. The van der Waals surface area contributed by atoms with Crippen molar-refractivity contribution in [1.82, 2.24) is 0 Å². The van der Waals surface area contributed by atoms with E-state index in [1.54, 1.807) is 0 Å². The van der Waals surface area contributed by atoms with E-state index in [0.29, 0.717) is 0 Å². The van der Waals surface area contributed by atoms with Crippen LogP contribution in [0.2, 0.25) is 0 Å². The van der Waals surface area contributed by atoms with Gasteiger partial charge in [0.1, 0.15) is 0 Å². The molecule has 0 aliphatic rings. The van der Waals surface area contributed by atoms with Crippen molar-refractivity contribution in [2.24, 2.45) is 17.4 Å². The van der Waals surface area contributed by atoms with Crippen LogP contribution in [0.25, 0.3) is 0 Å². The zero-order valence-corrected chi connectivity index (χ0v) is 5.92. The minimum absolute atomic E-state index is 0.197. The third kappa shape index (κ3) is 2.46. The summed E-state index contributed by atoms with van der Waals surface area (Å²) in [6, 6.07) is -0.477. The fraction of sp³-hybridized carbons (Fsp3) is 0.833. The molecule has 0 bridgehead atoms. The maximum Gasteiger partial charge on any atom is 0.234 e. The second-order valence-electron chi connectivity index (χ2n) is 2.31. The molecule has 0 heterocycles. The van der Waals surface area contributed by atoms with Crippen molar-refractivity contribution < 1.29 is 4.79 Å². The van der Waals surface area contributed by atoms with Crippen molar-refractivity contribution in [3.8, 4) is 0 Å². The van der Waals surface area contributed by atoms with Crippen LogP contribution < -0.4 is 11.5 Å². The Morgan fingerprint density at radius 3 is 2.22 bits per heavy atom. The van der Waals surface area contributed by atoms with Gasteiger partial charge in [0.15, 0.2) is 0 Å². The lowest BCUT2D eigenvalue weighted by Gasteiger charge is -2.13. The van der Waals surface area contributed by atoms with E-state index in [4.69, 9.17) is 11.5 Å². The average Bonchev–Trinajstić information content (AvgIpc) is 1.84. The molecule has 0 saturated heterocycles. The number of hydrogen-bond donors (Lipinski definition) is 2. The van der Waals surface area contributed by atoms with Crippen molar-refractivity contribution in [2.75, 3.05) is 0 Å². The normalized spacial score (nSPS) is 16.8. The molecule has 0 aliphatic heterocycles. The van der Waals surface area contributed by atoms with Crippen molar-refractivity contribution in [1.29, 1.82) is 0 Å². The van der Waals surface area contributed by atoms with Crippen molar-refractivity contribution in [3.63, 3.8) is 0 Å². The Hall–Kier alpha value is -0.570. The third-order valence-electron chi connectivity index (χ3n) is 1.59. The van der Waals surface area contributed by atoms with E-state index < -0.39 is 11.9 Å². The van der Waals surface area contributed by atoms with E-state index >= 15 is 0 Å². The minimum Gasteiger partial charge on any atom is -0.368 e. The first-order chi connectivity index (χ1) is 4.09. The van der Waals surface area contributed by atoms with Crippen LogP contribution in [0.4, 0.5) is 0 Å². The van der Waals surface area contributed by atoms with Crippen molar-refractivity contribution >= 4 is 5.91 Å². The second-order valence-corrected chi connectivity index (χ2v) is 2.31. The summed E-state index contributed by atoms with van der Waals surface area (Å²) in [5, 5.41) is 0. The number of amides is 1. The molecule has 0 aromatic carbocycles. The number of rotatable bonds is 3. The zero-order chi connectivity index (χ0) is 7.44. The number of nitrogens with two attached hydrogens (primary N) is 2. The fourth-order valence-electron chi connectivity index (χ4n) is 0.534. The summed E-state index contributed by atoms with van der Waals surface area (Å²) < 4.78 is 0. The molecular formula is C6H14N2O. The lowest BCUT2D eigenvalue weighted by Crippen LogP contribution is -2.41. The van der Waals surface area contributed by atoms with Gasteiger partial charge in [-0.25, -0.2) is 0 Å². The molecule has 54 valence electrons. The Morgan fingerprint density at radius 1 is 1.67 bits per heavy atom. The highest BCUT2D eigenvalue weighted by atomic mass is 16.1. The van der Waals surface area contributed by atoms with Gasteiger partial charge in [-0.3, -0.25) is 4.79 Å². The molecule has 9 heavy (non-hydrogen) atoms. The molecule has 0 unspecified atom stereocenters. The van der Waals surface area contributed by atoms with E-state index in [1.807, 2.05) is 13.8 Å². The third-order valence-corrected chi connectivity index (χ3v) is 1.59. The van der Waals surface area contributed by atoms with Gasteiger partial charge in [0.05, 0.1) is 6.04 Å². The van der Waals surface area contributed by atoms with Crippen LogP contribution in [0, 0.1) is 5.92 Å². The van der Waals surface area contributed by atoms with Crippen LogP contribution in [0.3, 0.4) is 0 Å². The van der Waals surface area contributed by atoms with Crippen molar-refractivity contribution in [3.05, 3.63) is 0 Å². The van der Waals surface area contributed by atoms with Gasteiger partial charge in [-0.05, 0) is 5.92 Å². The minimum atomic E-state index is -0.477. The molecule has 0 saturated carbocycles. The van der Waals surface area contributed by atoms with E-state index in [1.165, 1.54) is 0 Å². The van der Waals surface area contributed by atoms with E-state index in [2.05, 4.69) is 0 Å². The maximum atomic E-state index is 10.4. The Labute approximate surface area is 55.4 Å². The van der Waals surface area contributed by atoms with Crippen LogP contribution in [0.1, 0.15) is 20.3 Å². The van der Waals surface area contributed by atoms with E-state index in [-0.39, 0.29) is 5.92 Å². The quantitative estimate of drug-likeness (QED) is 0.557. The summed E-state index contributed by atoms with van der Waals surface area (Å²) in [5.41, 5.74) is 10.3. The number of carbonyl (C=O) groups is 1. The summed E-state index contributed by atoms with van der Waals surface area (Å²) >= 11 is 0. The number of hydrogen-bond acceptors (Lipinski definition) is 2. The lowest BCUT2D eigenvalue weighted by molar-refractivity contribution is -0.120. The molecule has 0 aliphatic carbocycles. The molecule has 0 rings (SSSR count). The Morgan fingerprint density at radius 2 is 2.11 bits per heavy atom. The summed E-state index contributed by atoms with van der Waals surface area (Å²) in [6.45, 7) is 3.89. The molecule has 2 atom stereocenters. The Balaban J connectivity index is 3.72. The first kappa shape index (κ1) is 8.43. The fourth-order valence-corrected chi connectivity index (χ4v) is 0.534. The van der Waals surface area contributed by atoms with Gasteiger partial charge in [-0.2, -0.15) is 0 Å². The van der Waals surface area contributed by atoms with Crippen LogP contribution in [-0.2, 0) is 4.79 Å². The molecule has 3 heteroatoms. The van der Waals surface area contributed by atoms with Gasteiger partial charge in [0, 0.05) is 0 Å². The Kier molecular flexibility index (Phi) is 3.24. The van der Waals surface area contributed by atoms with Gasteiger partial charge in [-0.15, -0.1) is 0 Å². The highest BCUT2D eigenvalue weighted by molar-refractivity contribution is 5.79. The number of primary amides is 1. The summed E-state index contributed by atoms with van der Waals surface area (Å²) in [7, 11) is 0. The zero-order valence-electron chi connectivity index (χ0n) is 5.92. The molecule has 0 aromatic rings.